The zero-order chi connectivity index (χ0) is 19.5. The van der Waals surface area contributed by atoms with Crippen LogP contribution < -0.4 is 16.2 Å². The predicted octanol–water partition coefficient (Wildman–Crippen LogP) is 3.01. The topological polar surface area (TPSA) is 102 Å². The van der Waals surface area contributed by atoms with Gasteiger partial charge in [0, 0.05) is 17.7 Å². The molecule has 0 saturated heterocycles. The van der Waals surface area contributed by atoms with E-state index < -0.39 is 33.4 Å². The minimum absolute atomic E-state index is 0.148. The molecule has 0 unspecified atom stereocenters. The number of nitro groups is 1. The van der Waals surface area contributed by atoms with Crippen molar-refractivity contribution in [1.82, 2.24) is 5.43 Å². The van der Waals surface area contributed by atoms with Crippen LogP contribution in [0.2, 0.25) is 0 Å². The molecule has 0 atom stereocenters. The number of rotatable bonds is 3. The molecule has 2 aromatic carbocycles. The molecule has 11 heteroatoms. The molecule has 0 saturated carbocycles. The zero-order valence-corrected chi connectivity index (χ0v) is 13.7. The maximum absolute atomic E-state index is 13.2. The van der Waals surface area contributed by atoms with Crippen molar-refractivity contribution in [1.29, 1.82) is 0 Å². The smallest absolute Gasteiger partial charge is 0.374 e. The lowest BCUT2D eigenvalue weighted by molar-refractivity contribution is -0.384. The lowest BCUT2D eigenvalue weighted by atomic mass is 10.1. The van der Waals surface area contributed by atoms with Gasteiger partial charge in [-0.3, -0.25) is 20.3 Å². The number of halogens is 3. The number of para-hydroxylation sites is 1. The Bertz CT molecular complexity index is 873. The molecule has 0 aromatic heterocycles. The first kappa shape index (κ1) is 19.1. The molecule has 0 radical (unpaired) electrons. The Balaban J connectivity index is 2.39. The van der Waals surface area contributed by atoms with E-state index in [1.165, 1.54) is 30.3 Å². The number of hydrazine groups is 1. The first-order chi connectivity index (χ1) is 12.1. The first-order valence-corrected chi connectivity index (χ1v) is 7.33. The van der Waals surface area contributed by atoms with E-state index >= 15 is 0 Å². The van der Waals surface area contributed by atoms with Crippen molar-refractivity contribution < 1.29 is 22.9 Å². The number of hydrogen-bond donors (Lipinski definition) is 2. The lowest BCUT2D eigenvalue weighted by Crippen LogP contribution is -2.49. The highest BCUT2D eigenvalue weighted by atomic mass is 32.1. The average Bonchev–Trinajstić information content (AvgIpc) is 2.58. The fourth-order valence-electron chi connectivity index (χ4n) is 2.07. The maximum Gasteiger partial charge on any atom is 0.418 e. The molecule has 136 valence electrons. The minimum atomic E-state index is -4.71. The second-order valence-electron chi connectivity index (χ2n) is 4.94. The van der Waals surface area contributed by atoms with Gasteiger partial charge in [0.25, 0.3) is 11.6 Å². The Morgan fingerprint density at radius 1 is 1.19 bits per heavy atom. The summed E-state index contributed by atoms with van der Waals surface area (Å²) in [6, 6.07) is 9.04. The maximum atomic E-state index is 13.2. The van der Waals surface area contributed by atoms with Gasteiger partial charge < -0.3 is 5.73 Å². The molecule has 0 aliphatic carbocycles. The molecule has 0 fully saturated rings. The van der Waals surface area contributed by atoms with Gasteiger partial charge in [0.05, 0.1) is 16.2 Å². The van der Waals surface area contributed by atoms with Crippen molar-refractivity contribution in [3.63, 3.8) is 0 Å². The standard InChI is InChI=1S/C15H11F3N4O3S/c16-15(17,18)11-6-1-2-7-12(11)21(14(19)26)20-13(23)9-4-3-5-10(8-9)22(24)25/h1-8H,(H2,19,26)(H,20,23). The number of thiocarbonyl (C=S) groups is 1. The normalized spacial score (nSPS) is 10.9. The van der Waals surface area contributed by atoms with Crippen LogP contribution in [0.4, 0.5) is 24.5 Å². The van der Waals surface area contributed by atoms with Crippen LogP contribution in [0.3, 0.4) is 0 Å². The number of nitrogens with zero attached hydrogens (tertiary/aromatic N) is 2. The van der Waals surface area contributed by atoms with E-state index in [4.69, 9.17) is 18.0 Å². The SMILES string of the molecule is NC(=S)N(NC(=O)c1cccc([N+](=O)[O-])c1)c1ccccc1C(F)(F)F. The summed E-state index contributed by atoms with van der Waals surface area (Å²) in [6.45, 7) is 0. The van der Waals surface area contributed by atoms with Crippen molar-refractivity contribution in [2.45, 2.75) is 6.18 Å². The Hall–Kier alpha value is -3.21. The van der Waals surface area contributed by atoms with Crippen molar-refractivity contribution in [3.8, 4) is 0 Å². The number of nitrogens with two attached hydrogens (primary N) is 1. The zero-order valence-electron chi connectivity index (χ0n) is 12.9. The van der Waals surface area contributed by atoms with Crippen molar-refractivity contribution >= 4 is 34.6 Å². The van der Waals surface area contributed by atoms with Crippen LogP contribution in [0.1, 0.15) is 15.9 Å². The highest BCUT2D eigenvalue weighted by molar-refractivity contribution is 7.80. The number of amides is 1. The van der Waals surface area contributed by atoms with Crippen LogP contribution in [0.15, 0.2) is 48.5 Å². The third-order valence-electron chi connectivity index (χ3n) is 3.20. The van der Waals surface area contributed by atoms with Crippen molar-refractivity contribution in [2.75, 3.05) is 5.01 Å². The second kappa shape index (κ2) is 7.35. The van der Waals surface area contributed by atoms with Crippen LogP contribution in [0.5, 0.6) is 0 Å². The summed E-state index contributed by atoms with van der Waals surface area (Å²) in [4.78, 5) is 22.4. The summed E-state index contributed by atoms with van der Waals surface area (Å²) < 4.78 is 39.5. The van der Waals surface area contributed by atoms with Gasteiger partial charge in [-0.25, -0.2) is 5.01 Å². The Labute approximate surface area is 150 Å². The highest BCUT2D eigenvalue weighted by Crippen LogP contribution is 2.36. The van der Waals surface area contributed by atoms with E-state index in [1.807, 2.05) is 0 Å². The number of benzene rings is 2. The van der Waals surface area contributed by atoms with Crippen LogP contribution >= 0.6 is 12.2 Å². The van der Waals surface area contributed by atoms with E-state index in [0.717, 1.165) is 18.2 Å². The minimum Gasteiger partial charge on any atom is -0.374 e. The molecule has 0 aliphatic heterocycles. The molecule has 1 amide bonds. The van der Waals surface area contributed by atoms with Crippen LogP contribution in [-0.4, -0.2) is 15.9 Å². The second-order valence-corrected chi connectivity index (χ2v) is 5.36. The van der Waals surface area contributed by atoms with Crippen molar-refractivity contribution in [2.24, 2.45) is 5.73 Å². The van der Waals surface area contributed by atoms with Gasteiger partial charge in [0.2, 0.25) is 0 Å². The molecule has 7 nitrogen and oxygen atoms in total. The molecule has 0 heterocycles. The number of nitrogens with one attached hydrogen (secondary N) is 1. The number of carbonyl (C=O) groups is 1. The number of hydrogen-bond acceptors (Lipinski definition) is 4. The number of non-ortho nitro benzene ring substituents is 1. The number of nitro benzene ring substituents is 1. The fourth-order valence-corrected chi connectivity index (χ4v) is 2.21. The van der Waals surface area contributed by atoms with Gasteiger partial charge >= 0.3 is 6.18 Å². The quantitative estimate of drug-likeness (QED) is 0.479. The Morgan fingerprint density at radius 2 is 1.85 bits per heavy atom. The Kier molecular flexibility index (Phi) is 5.41. The molecular weight excluding hydrogens is 373 g/mol. The molecule has 0 bridgehead atoms. The number of carbonyl (C=O) groups excluding carboxylic acids is 1. The van der Waals surface area contributed by atoms with E-state index in [1.54, 1.807) is 0 Å². The van der Waals surface area contributed by atoms with Gasteiger partial charge in [-0.1, -0.05) is 18.2 Å². The van der Waals surface area contributed by atoms with Crippen molar-refractivity contribution in [3.05, 3.63) is 69.8 Å². The largest absolute Gasteiger partial charge is 0.418 e. The van der Waals surface area contributed by atoms with Crippen LogP contribution in [-0.2, 0) is 6.18 Å². The van der Waals surface area contributed by atoms with Gasteiger partial charge in [-0.15, -0.1) is 0 Å². The summed E-state index contributed by atoms with van der Waals surface area (Å²) >= 11 is 4.73. The van der Waals surface area contributed by atoms with E-state index in [9.17, 15) is 28.1 Å². The first-order valence-electron chi connectivity index (χ1n) is 6.92. The predicted molar refractivity (Wildman–Crippen MR) is 91.3 cm³/mol. The molecule has 26 heavy (non-hydrogen) atoms. The molecule has 3 N–H and O–H groups in total. The Morgan fingerprint density at radius 3 is 2.42 bits per heavy atom. The van der Waals surface area contributed by atoms with E-state index in [-0.39, 0.29) is 11.3 Å². The number of alkyl halides is 3. The molecule has 2 rings (SSSR count). The van der Waals surface area contributed by atoms with Gasteiger partial charge in [0.15, 0.2) is 5.11 Å². The van der Waals surface area contributed by atoms with E-state index in [0.29, 0.717) is 5.01 Å². The molecule has 0 spiro atoms. The lowest BCUT2D eigenvalue weighted by Gasteiger charge is -2.26. The van der Waals surface area contributed by atoms with Crippen LogP contribution in [0.25, 0.3) is 0 Å². The van der Waals surface area contributed by atoms with Crippen LogP contribution in [0, 0.1) is 10.1 Å². The monoisotopic (exact) mass is 384 g/mol. The fraction of sp³-hybridized carbons (Fsp3) is 0.0667. The molecular formula is C15H11F3N4O3S. The average molecular weight is 384 g/mol. The molecule has 0 aliphatic rings. The van der Waals surface area contributed by atoms with Gasteiger partial charge in [-0.05, 0) is 30.4 Å². The molecule has 2 aromatic rings. The highest BCUT2D eigenvalue weighted by Gasteiger charge is 2.35. The summed E-state index contributed by atoms with van der Waals surface area (Å²) in [5, 5.41) is 10.8. The summed E-state index contributed by atoms with van der Waals surface area (Å²) in [7, 11) is 0. The third kappa shape index (κ3) is 4.25. The van der Waals surface area contributed by atoms with E-state index in [2.05, 4.69) is 5.43 Å². The summed E-state index contributed by atoms with van der Waals surface area (Å²) in [6.07, 6.45) is -4.71. The summed E-state index contributed by atoms with van der Waals surface area (Å²) in [5.41, 5.74) is 5.54. The third-order valence-corrected chi connectivity index (χ3v) is 3.39. The summed E-state index contributed by atoms with van der Waals surface area (Å²) in [5.74, 6) is -0.918. The number of anilines is 1. The van der Waals surface area contributed by atoms with Gasteiger partial charge in [0.1, 0.15) is 0 Å². The van der Waals surface area contributed by atoms with Gasteiger partial charge in [-0.2, -0.15) is 13.2 Å².